The van der Waals surface area contributed by atoms with Crippen LogP contribution in [0.1, 0.15) is 30.0 Å². The van der Waals surface area contributed by atoms with Crippen LogP contribution >= 0.6 is 15.9 Å². The fourth-order valence-corrected chi connectivity index (χ4v) is 6.09. The smallest absolute Gasteiger partial charge is 0.406 e. The number of anilines is 1. The quantitative estimate of drug-likeness (QED) is 0.183. The van der Waals surface area contributed by atoms with Gasteiger partial charge in [-0.25, -0.2) is 9.29 Å². The minimum absolute atomic E-state index is 0.0948. The highest BCUT2D eigenvalue weighted by Gasteiger charge is 2.32. The summed E-state index contributed by atoms with van der Waals surface area (Å²) in [6, 6.07) is 5.83. The molecule has 0 amide bonds. The molecule has 0 aromatic carbocycles. The van der Waals surface area contributed by atoms with Gasteiger partial charge < -0.3 is 10.1 Å². The van der Waals surface area contributed by atoms with Crippen LogP contribution in [0.4, 0.5) is 19.0 Å². The van der Waals surface area contributed by atoms with Gasteiger partial charge in [0, 0.05) is 59.4 Å². The summed E-state index contributed by atoms with van der Waals surface area (Å²) in [5.74, 6) is 4.07. The number of halogens is 4. The average molecular weight is 626 g/mol. The van der Waals surface area contributed by atoms with E-state index in [-0.39, 0.29) is 11.7 Å². The first-order valence-electron chi connectivity index (χ1n) is 12.1. The second-order valence-electron chi connectivity index (χ2n) is 8.90. The van der Waals surface area contributed by atoms with Crippen LogP contribution in [0.15, 0.2) is 77.9 Å². The fourth-order valence-electron chi connectivity index (χ4n) is 4.23. The molecule has 1 unspecified atom stereocenters. The number of ether oxygens (including phenoxy) is 1. The van der Waals surface area contributed by atoms with Crippen LogP contribution in [0, 0.1) is 0 Å². The van der Waals surface area contributed by atoms with Crippen molar-refractivity contribution in [3.05, 3.63) is 89.2 Å². The number of alkyl halides is 3. The molecule has 1 aliphatic rings. The Bertz CT molecular complexity index is 1460. The topological polar surface area (TPSA) is 84.7 Å². The van der Waals surface area contributed by atoms with Gasteiger partial charge in [-0.2, -0.15) is 9.61 Å². The van der Waals surface area contributed by atoms with Crippen molar-refractivity contribution in [3.63, 3.8) is 0 Å². The van der Waals surface area contributed by atoms with E-state index in [4.69, 9.17) is 4.98 Å². The number of rotatable bonds is 10. The van der Waals surface area contributed by atoms with Crippen LogP contribution < -0.4 is 5.32 Å². The Labute approximate surface area is 233 Å². The summed E-state index contributed by atoms with van der Waals surface area (Å²) in [5.41, 5.74) is 2.58. The number of pyridine rings is 1. The summed E-state index contributed by atoms with van der Waals surface area (Å²) in [6.45, 7) is 4.93. The summed E-state index contributed by atoms with van der Waals surface area (Å²) >= 11 is 3.52. The maximum absolute atomic E-state index is 13.3. The summed E-state index contributed by atoms with van der Waals surface area (Å²) in [6.07, 6.45) is 6.59. The molecular formula is C26H28BrF3N6O2S. The molecule has 0 bridgehead atoms. The van der Waals surface area contributed by atoms with E-state index in [0.29, 0.717) is 38.1 Å². The van der Waals surface area contributed by atoms with Gasteiger partial charge in [0.1, 0.15) is 11.6 Å². The standard InChI is InChI=1S/C26H28BrF3N6O2S/c1-3-4-7-21(38-26(28,29)30)10-14-39(2,37)35-12-8-20(9-13-35)23-15-24(32-17-19-6-5-11-31-16-19)36-25(34-23)22(27)18-33-36/h3-7,10-11,15-16,18,20,32H,1-2,8-9,12-14,17H2/b7-4-,21-10+. The van der Waals surface area contributed by atoms with E-state index in [0.717, 1.165) is 33.7 Å². The minimum atomic E-state index is -4.86. The molecule has 4 rings (SSSR count). The van der Waals surface area contributed by atoms with Crippen molar-refractivity contribution in [2.45, 2.75) is 31.7 Å². The van der Waals surface area contributed by atoms with Crippen molar-refractivity contribution < 1.29 is 22.1 Å². The molecule has 1 atom stereocenters. The molecule has 208 valence electrons. The maximum atomic E-state index is 13.3. The number of nitrogens with one attached hydrogen (secondary N) is 1. The molecule has 8 nitrogen and oxygen atoms in total. The lowest BCUT2D eigenvalue weighted by atomic mass is 9.94. The van der Waals surface area contributed by atoms with E-state index in [2.05, 4.69) is 48.5 Å². The van der Waals surface area contributed by atoms with E-state index in [1.165, 1.54) is 12.2 Å². The van der Waals surface area contributed by atoms with Crippen molar-refractivity contribution in [3.8, 4) is 0 Å². The Morgan fingerprint density at radius 1 is 1.31 bits per heavy atom. The van der Waals surface area contributed by atoms with E-state index in [1.54, 1.807) is 27.4 Å². The third kappa shape index (κ3) is 7.70. The molecule has 3 aromatic rings. The van der Waals surface area contributed by atoms with Gasteiger partial charge in [-0.1, -0.05) is 24.8 Å². The van der Waals surface area contributed by atoms with E-state index in [9.17, 15) is 17.4 Å². The molecule has 3 aromatic heterocycles. The van der Waals surface area contributed by atoms with Crippen LogP contribution in [0.25, 0.3) is 5.65 Å². The zero-order chi connectivity index (χ0) is 28.0. The first kappa shape index (κ1) is 28.8. The molecule has 0 radical (unpaired) electrons. The first-order chi connectivity index (χ1) is 18.6. The molecule has 4 heterocycles. The summed E-state index contributed by atoms with van der Waals surface area (Å²) in [7, 11) is -2.85. The highest BCUT2D eigenvalue weighted by Crippen LogP contribution is 2.32. The largest absolute Gasteiger partial charge is 0.573 e. The molecule has 1 saturated heterocycles. The van der Waals surface area contributed by atoms with Gasteiger partial charge in [-0.05, 0) is 58.4 Å². The monoisotopic (exact) mass is 624 g/mol. The number of hydrogen-bond donors (Lipinski definition) is 1. The number of piperidine rings is 1. The number of nitrogens with zero attached hydrogens (tertiary/aromatic N) is 5. The van der Waals surface area contributed by atoms with Gasteiger partial charge in [0.05, 0.1) is 16.4 Å². The Morgan fingerprint density at radius 3 is 2.74 bits per heavy atom. The molecule has 1 aliphatic heterocycles. The average Bonchev–Trinajstić information content (AvgIpc) is 3.29. The molecule has 0 spiro atoms. The van der Waals surface area contributed by atoms with Crippen molar-refractivity contribution in [1.82, 2.24) is 23.9 Å². The van der Waals surface area contributed by atoms with Crippen LogP contribution in [0.5, 0.6) is 0 Å². The number of allylic oxidation sites excluding steroid dienone is 3. The second kappa shape index (κ2) is 12.3. The van der Waals surface area contributed by atoms with Crippen LogP contribution in [0.3, 0.4) is 0 Å². The summed E-state index contributed by atoms with van der Waals surface area (Å²) < 4.78 is 59.8. The third-order valence-electron chi connectivity index (χ3n) is 6.16. The fraction of sp³-hybridized carbons (Fsp3) is 0.308. The van der Waals surface area contributed by atoms with Crippen molar-refractivity contribution in [2.75, 3.05) is 24.2 Å². The van der Waals surface area contributed by atoms with Gasteiger partial charge in [-0.3, -0.25) is 9.19 Å². The number of hydrogen-bond acceptors (Lipinski definition) is 6. The van der Waals surface area contributed by atoms with E-state index in [1.807, 2.05) is 18.2 Å². The van der Waals surface area contributed by atoms with Crippen LogP contribution in [-0.2, 0) is 21.0 Å². The van der Waals surface area contributed by atoms with Crippen LogP contribution in [0.2, 0.25) is 0 Å². The summed E-state index contributed by atoms with van der Waals surface area (Å²) in [5, 5.41) is 7.83. The van der Waals surface area contributed by atoms with Crippen molar-refractivity contribution in [2.24, 2.45) is 0 Å². The predicted octanol–water partition coefficient (Wildman–Crippen LogP) is 5.47. The van der Waals surface area contributed by atoms with Gasteiger partial charge in [0.15, 0.2) is 5.65 Å². The molecule has 13 heteroatoms. The zero-order valence-electron chi connectivity index (χ0n) is 21.0. The highest BCUT2D eigenvalue weighted by atomic mass is 79.9. The molecule has 39 heavy (non-hydrogen) atoms. The van der Waals surface area contributed by atoms with Crippen LogP contribution in [-0.4, -0.2) is 59.2 Å². The Hall–Kier alpha value is -3.16. The van der Waals surface area contributed by atoms with Crippen molar-refractivity contribution in [1.29, 1.82) is 0 Å². The van der Waals surface area contributed by atoms with E-state index >= 15 is 0 Å². The van der Waals surface area contributed by atoms with Gasteiger partial charge in [-0.15, -0.1) is 13.2 Å². The molecule has 0 aliphatic carbocycles. The molecule has 1 fully saturated rings. The third-order valence-corrected chi connectivity index (χ3v) is 8.72. The predicted molar refractivity (Wildman–Crippen MR) is 150 cm³/mol. The second-order valence-corrected chi connectivity index (χ2v) is 12.1. The lowest BCUT2D eigenvalue weighted by Crippen LogP contribution is -2.39. The Kier molecular flexibility index (Phi) is 9.13. The number of fused-ring (bicyclic) bond motifs is 1. The maximum Gasteiger partial charge on any atom is 0.573 e. The molecular weight excluding hydrogens is 597 g/mol. The SMILES string of the molecule is C=C/C=C\C(=C/CS(=C)(=O)N1CCC(c2cc(NCc3cccnc3)n3ncc(Br)c3n2)CC1)OC(F)(F)F. The highest BCUT2D eigenvalue weighted by molar-refractivity contribution is 9.10. The Morgan fingerprint density at radius 2 is 2.08 bits per heavy atom. The zero-order valence-corrected chi connectivity index (χ0v) is 23.4. The normalized spacial score (nSPS) is 17.4. The summed E-state index contributed by atoms with van der Waals surface area (Å²) in [4.78, 5) is 8.98. The van der Waals surface area contributed by atoms with Gasteiger partial charge in [0.2, 0.25) is 0 Å². The van der Waals surface area contributed by atoms with E-state index < -0.39 is 21.8 Å². The van der Waals surface area contributed by atoms with Gasteiger partial charge >= 0.3 is 6.36 Å². The lowest BCUT2D eigenvalue weighted by Gasteiger charge is -2.33. The lowest BCUT2D eigenvalue weighted by molar-refractivity contribution is -0.303. The van der Waals surface area contributed by atoms with Gasteiger partial charge in [0.25, 0.3) is 0 Å². The minimum Gasteiger partial charge on any atom is -0.406 e. The molecule has 0 saturated carbocycles. The Balaban J connectivity index is 1.46. The molecule has 1 N–H and O–H groups in total. The first-order valence-corrected chi connectivity index (χ1v) is 14.7. The number of aromatic nitrogens is 4. The van der Waals surface area contributed by atoms with Crippen molar-refractivity contribution >= 4 is 43.0 Å².